The number of sulfone groups is 1. The number of alkyl halides is 2. The van der Waals surface area contributed by atoms with Crippen LogP contribution >= 0.6 is 11.8 Å². The Balaban J connectivity index is 2.53. The molecule has 0 saturated heterocycles. The van der Waals surface area contributed by atoms with Crippen molar-refractivity contribution in [3.05, 3.63) is 24.3 Å². The SMILES string of the molecule is CSCCCCCCNc1ccccc1S(=O)(=O)C(F)F. The van der Waals surface area contributed by atoms with Crippen LogP contribution in [0.3, 0.4) is 0 Å². The predicted molar refractivity (Wildman–Crippen MR) is 85.0 cm³/mol. The molecule has 0 unspecified atom stereocenters. The molecule has 0 aliphatic rings. The molecule has 0 bridgehead atoms. The van der Waals surface area contributed by atoms with E-state index in [0.717, 1.165) is 31.4 Å². The maximum Gasteiger partial charge on any atom is 0.341 e. The predicted octanol–water partition coefficient (Wildman–Crippen LogP) is 4.02. The van der Waals surface area contributed by atoms with Gasteiger partial charge in [0.2, 0.25) is 9.84 Å². The molecule has 120 valence electrons. The zero-order valence-electron chi connectivity index (χ0n) is 12.0. The van der Waals surface area contributed by atoms with Gasteiger partial charge in [0.05, 0.1) is 10.6 Å². The first-order valence-electron chi connectivity index (χ1n) is 6.84. The number of halogens is 2. The average molecular weight is 337 g/mol. The number of hydrogen-bond donors (Lipinski definition) is 1. The Morgan fingerprint density at radius 1 is 1.14 bits per heavy atom. The molecule has 0 atom stereocenters. The highest BCUT2D eigenvalue weighted by molar-refractivity contribution is 7.98. The molecule has 0 saturated carbocycles. The zero-order valence-corrected chi connectivity index (χ0v) is 13.7. The lowest BCUT2D eigenvalue weighted by atomic mass is 10.2. The molecule has 7 heteroatoms. The van der Waals surface area contributed by atoms with Gasteiger partial charge in [0.1, 0.15) is 0 Å². The van der Waals surface area contributed by atoms with E-state index in [0.29, 0.717) is 6.54 Å². The number of hydrogen-bond acceptors (Lipinski definition) is 4. The van der Waals surface area contributed by atoms with E-state index in [2.05, 4.69) is 11.6 Å². The standard InChI is InChI=1S/C14H21F2NO2S2/c1-20-11-7-3-2-6-10-17-12-8-4-5-9-13(12)21(18,19)14(15)16/h4-5,8-9,14,17H,2-3,6-7,10-11H2,1H3. The van der Waals surface area contributed by atoms with E-state index in [-0.39, 0.29) is 10.6 Å². The van der Waals surface area contributed by atoms with Crippen molar-refractivity contribution in [2.45, 2.75) is 36.3 Å². The lowest BCUT2D eigenvalue weighted by molar-refractivity contribution is 0.235. The van der Waals surface area contributed by atoms with Crippen molar-refractivity contribution in [2.75, 3.05) is 23.9 Å². The van der Waals surface area contributed by atoms with Crippen LogP contribution in [0, 0.1) is 0 Å². The number of nitrogens with one attached hydrogen (secondary N) is 1. The Bertz CT molecular complexity index is 521. The van der Waals surface area contributed by atoms with Crippen LogP contribution in [0.1, 0.15) is 25.7 Å². The number of para-hydroxylation sites is 1. The highest BCUT2D eigenvalue weighted by Gasteiger charge is 2.28. The van der Waals surface area contributed by atoms with Gasteiger partial charge in [0.15, 0.2) is 0 Å². The molecule has 3 nitrogen and oxygen atoms in total. The molecule has 0 spiro atoms. The van der Waals surface area contributed by atoms with E-state index in [4.69, 9.17) is 0 Å². The number of anilines is 1. The molecule has 1 N–H and O–H groups in total. The van der Waals surface area contributed by atoms with Gasteiger partial charge >= 0.3 is 5.76 Å². The van der Waals surface area contributed by atoms with E-state index in [9.17, 15) is 17.2 Å². The summed E-state index contributed by atoms with van der Waals surface area (Å²) in [5, 5.41) is 2.95. The molecule has 0 heterocycles. The maximum absolute atomic E-state index is 12.6. The summed E-state index contributed by atoms with van der Waals surface area (Å²) in [7, 11) is -4.56. The lowest BCUT2D eigenvalue weighted by Crippen LogP contribution is -2.14. The average Bonchev–Trinajstić information content (AvgIpc) is 2.46. The second-order valence-corrected chi connectivity index (χ2v) is 7.51. The molecule has 0 aliphatic carbocycles. The number of benzene rings is 1. The third-order valence-corrected chi connectivity index (χ3v) is 5.15. The fraction of sp³-hybridized carbons (Fsp3) is 0.571. The van der Waals surface area contributed by atoms with E-state index >= 15 is 0 Å². The van der Waals surface area contributed by atoms with Gasteiger partial charge in [0.25, 0.3) is 0 Å². The monoisotopic (exact) mass is 337 g/mol. The van der Waals surface area contributed by atoms with Gasteiger partial charge < -0.3 is 5.32 Å². The maximum atomic E-state index is 12.6. The van der Waals surface area contributed by atoms with Crippen LogP contribution in [0.5, 0.6) is 0 Å². The second kappa shape index (κ2) is 9.25. The third kappa shape index (κ3) is 5.82. The first-order valence-corrected chi connectivity index (χ1v) is 9.78. The minimum absolute atomic E-state index is 0.252. The summed E-state index contributed by atoms with van der Waals surface area (Å²) in [5.41, 5.74) is 0.252. The molecule has 21 heavy (non-hydrogen) atoms. The molecule has 1 aromatic rings. The van der Waals surface area contributed by atoms with E-state index in [1.54, 1.807) is 6.07 Å². The first-order chi connectivity index (χ1) is 10.00. The normalized spacial score (nSPS) is 11.8. The van der Waals surface area contributed by atoms with Crippen molar-refractivity contribution in [3.63, 3.8) is 0 Å². The van der Waals surface area contributed by atoms with Crippen LogP contribution in [-0.2, 0) is 9.84 Å². The van der Waals surface area contributed by atoms with Crippen LogP contribution in [0.4, 0.5) is 14.5 Å². The molecule has 0 aromatic heterocycles. The fourth-order valence-electron chi connectivity index (χ4n) is 1.90. The van der Waals surface area contributed by atoms with Crippen LogP contribution in [0.15, 0.2) is 29.2 Å². The number of rotatable bonds is 10. The fourth-order valence-corrected chi connectivity index (χ4v) is 3.30. The molecule has 0 radical (unpaired) electrons. The van der Waals surface area contributed by atoms with Crippen LogP contribution < -0.4 is 5.32 Å². The van der Waals surface area contributed by atoms with Crippen molar-refractivity contribution in [1.29, 1.82) is 0 Å². The minimum atomic E-state index is -4.56. The summed E-state index contributed by atoms with van der Waals surface area (Å²) in [4.78, 5) is -0.331. The van der Waals surface area contributed by atoms with E-state index in [1.165, 1.54) is 18.2 Å². The highest BCUT2D eigenvalue weighted by atomic mass is 32.2. The molecule has 0 fully saturated rings. The molecule has 1 rings (SSSR count). The van der Waals surface area contributed by atoms with Gasteiger partial charge in [0, 0.05) is 6.54 Å². The van der Waals surface area contributed by atoms with Gasteiger partial charge in [-0.15, -0.1) is 0 Å². The Hall–Kier alpha value is -0.820. The molecular formula is C14H21F2NO2S2. The van der Waals surface area contributed by atoms with Crippen molar-refractivity contribution in [2.24, 2.45) is 0 Å². The quantitative estimate of drug-likeness (QED) is 0.655. The summed E-state index contributed by atoms with van der Waals surface area (Å²) in [6.45, 7) is 0.578. The van der Waals surface area contributed by atoms with Gasteiger partial charge in [-0.05, 0) is 37.0 Å². The van der Waals surface area contributed by atoms with E-state index < -0.39 is 15.6 Å². The van der Waals surface area contributed by atoms with Gasteiger partial charge in [-0.3, -0.25) is 0 Å². The minimum Gasteiger partial charge on any atom is -0.384 e. The van der Waals surface area contributed by atoms with Gasteiger partial charge in [-0.1, -0.05) is 25.0 Å². The smallest absolute Gasteiger partial charge is 0.341 e. The first kappa shape index (κ1) is 18.2. The Labute approximate surface area is 129 Å². The summed E-state index contributed by atoms with van der Waals surface area (Å²) >= 11 is 1.82. The van der Waals surface area contributed by atoms with Crippen LogP contribution in [0.25, 0.3) is 0 Å². The topological polar surface area (TPSA) is 46.2 Å². The van der Waals surface area contributed by atoms with Crippen LogP contribution in [0.2, 0.25) is 0 Å². The second-order valence-electron chi connectivity index (χ2n) is 4.64. The number of unbranched alkanes of at least 4 members (excludes halogenated alkanes) is 3. The Morgan fingerprint density at radius 2 is 1.81 bits per heavy atom. The summed E-state index contributed by atoms with van der Waals surface area (Å²) in [5.74, 6) is -2.25. The van der Waals surface area contributed by atoms with Crippen LogP contribution in [-0.4, -0.2) is 32.7 Å². The summed E-state index contributed by atoms with van der Waals surface area (Å²) < 4.78 is 48.4. The number of thioether (sulfide) groups is 1. The lowest BCUT2D eigenvalue weighted by Gasteiger charge is -2.12. The Kier molecular flexibility index (Phi) is 8.03. The largest absolute Gasteiger partial charge is 0.384 e. The summed E-state index contributed by atoms with van der Waals surface area (Å²) in [6, 6.07) is 5.80. The molecule has 0 aliphatic heterocycles. The molecular weight excluding hydrogens is 316 g/mol. The van der Waals surface area contributed by atoms with Crippen molar-refractivity contribution in [1.82, 2.24) is 0 Å². The summed E-state index contributed by atoms with van der Waals surface area (Å²) in [6.07, 6.45) is 6.29. The Morgan fingerprint density at radius 3 is 2.48 bits per heavy atom. The van der Waals surface area contributed by atoms with Crippen molar-refractivity contribution >= 4 is 27.3 Å². The van der Waals surface area contributed by atoms with Crippen molar-refractivity contribution < 1.29 is 17.2 Å². The molecule has 1 aromatic carbocycles. The van der Waals surface area contributed by atoms with Gasteiger partial charge in [-0.25, -0.2) is 8.42 Å². The highest BCUT2D eigenvalue weighted by Crippen LogP contribution is 2.26. The van der Waals surface area contributed by atoms with Crippen molar-refractivity contribution in [3.8, 4) is 0 Å². The zero-order chi connectivity index (χ0) is 15.7. The van der Waals surface area contributed by atoms with E-state index in [1.807, 2.05) is 11.8 Å². The van der Waals surface area contributed by atoms with Gasteiger partial charge in [-0.2, -0.15) is 20.5 Å². The third-order valence-electron chi connectivity index (χ3n) is 3.02. The molecule has 0 amide bonds.